The minimum absolute atomic E-state index is 0.148. The standard InChI is InChI=1S/C16H22N2O3S/c1-10(17-8-15-11(2)18-9-22-15)12-6-13(19-3)16(21-5)14(7-12)20-4/h6-7,9-10,17H,8H2,1-5H3. The molecule has 0 aliphatic carbocycles. The number of hydrogen-bond donors (Lipinski definition) is 1. The maximum absolute atomic E-state index is 5.40. The quantitative estimate of drug-likeness (QED) is 0.847. The zero-order valence-corrected chi connectivity index (χ0v) is 14.4. The fraction of sp³-hybridized carbons (Fsp3) is 0.438. The van der Waals surface area contributed by atoms with Crippen LogP contribution in [0.2, 0.25) is 0 Å². The van der Waals surface area contributed by atoms with Gasteiger partial charge in [-0.15, -0.1) is 11.3 Å². The lowest BCUT2D eigenvalue weighted by molar-refractivity contribution is 0.323. The minimum Gasteiger partial charge on any atom is -0.493 e. The Hall–Kier alpha value is -1.79. The van der Waals surface area contributed by atoms with Crippen LogP contribution in [0.4, 0.5) is 0 Å². The van der Waals surface area contributed by atoms with Crippen LogP contribution in [0.5, 0.6) is 17.2 Å². The van der Waals surface area contributed by atoms with Gasteiger partial charge in [0.1, 0.15) is 0 Å². The van der Waals surface area contributed by atoms with Crippen molar-refractivity contribution < 1.29 is 14.2 Å². The van der Waals surface area contributed by atoms with Gasteiger partial charge in [0, 0.05) is 17.5 Å². The van der Waals surface area contributed by atoms with Crippen molar-refractivity contribution in [2.75, 3.05) is 21.3 Å². The van der Waals surface area contributed by atoms with Crippen LogP contribution in [-0.4, -0.2) is 26.3 Å². The lowest BCUT2D eigenvalue weighted by Gasteiger charge is -2.18. The van der Waals surface area contributed by atoms with Crippen LogP contribution in [0.1, 0.15) is 29.1 Å². The Balaban J connectivity index is 2.18. The van der Waals surface area contributed by atoms with Crippen LogP contribution < -0.4 is 19.5 Å². The first-order chi connectivity index (χ1) is 10.6. The molecular formula is C16H22N2O3S. The van der Waals surface area contributed by atoms with E-state index in [-0.39, 0.29) is 6.04 Å². The molecule has 0 bridgehead atoms. The highest BCUT2D eigenvalue weighted by Gasteiger charge is 2.16. The largest absolute Gasteiger partial charge is 0.493 e. The lowest BCUT2D eigenvalue weighted by atomic mass is 10.1. The molecule has 1 heterocycles. The van der Waals surface area contributed by atoms with E-state index in [0.717, 1.165) is 17.8 Å². The lowest BCUT2D eigenvalue weighted by Crippen LogP contribution is -2.18. The third-order valence-electron chi connectivity index (χ3n) is 3.60. The molecule has 2 aromatic rings. The molecule has 2 rings (SSSR count). The number of methoxy groups -OCH3 is 3. The third-order valence-corrected chi connectivity index (χ3v) is 4.54. The van der Waals surface area contributed by atoms with E-state index >= 15 is 0 Å². The Morgan fingerprint density at radius 1 is 1.14 bits per heavy atom. The molecule has 0 saturated carbocycles. The molecule has 1 N–H and O–H groups in total. The van der Waals surface area contributed by atoms with Gasteiger partial charge in [0.05, 0.1) is 32.5 Å². The Morgan fingerprint density at radius 3 is 2.23 bits per heavy atom. The molecule has 0 aliphatic heterocycles. The molecule has 1 aromatic heterocycles. The Kier molecular flexibility index (Phi) is 5.63. The summed E-state index contributed by atoms with van der Waals surface area (Å²) in [5, 5.41) is 3.50. The highest BCUT2D eigenvalue weighted by atomic mass is 32.1. The van der Waals surface area contributed by atoms with Crippen LogP contribution in [0.15, 0.2) is 17.6 Å². The first-order valence-corrected chi connectivity index (χ1v) is 7.90. The smallest absolute Gasteiger partial charge is 0.203 e. The van der Waals surface area contributed by atoms with E-state index in [2.05, 4.69) is 17.2 Å². The van der Waals surface area contributed by atoms with Crippen molar-refractivity contribution in [2.24, 2.45) is 0 Å². The van der Waals surface area contributed by atoms with E-state index in [9.17, 15) is 0 Å². The number of aryl methyl sites for hydroxylation is 1. The fourth-order valence-corrected chi connectivity index (χ4v) is 2.94. The average Bonchev–Trinajstić information content (AvgIpc) is 2.96. The Labute approximate surface area is 135 Å². The number of benzene rings is 1. The second kappa shape index (κ2) is 7.47. The molecule has 0 aliphatic rings. The first-order valence-electron chi connectivity index (χ1n) is 7.03. The number of thiazole rings is 1. The zero-order chi connectivity index (χ0) is 16.1. The normalized spacial score (nSPS) is 12.0. The predicted octanol–water partition coefficient (Wildman–Crippen LogP) is 3.33. The molecule has 0 amide bonds. The van der Waals surface area contributed by atoms with Crippen LogP contribution in [0.25, 0.3) is 0 Å². The summed E-state index contributed by atoms with van der Waals surface area (Å²) < 4.78 is 16.1. The summed E-state index contributed by atoms with van der Waals surface area (Å²) in [6.07, 6.45) is 0. The van der Waals surface area contributed by atoms with Gasteiger partial charge in [-0.3, -0.25) is 0 Å². The summed E-state index contributed by atoms with van der Waals surface area (Å²) in [4.78, 5) is 5.52. The van der Waals surface area contributed by atoms with Crippen molar-refractivity contribution in [3.05, 3.63) is 33.8 Å². The van der Waals surface area contributed by atoms with E-state index in [4.69, 9.17) is 14.2 Å². The highest BCUT2D eigenvalue weighted by Crippen LogP contribution is 2.39. The summed E-state index contributed by atoms with van der Waals surface area (Å²) in [5.74, 6) is 1.94. The molecule has 0 spiro atoms. The van der Waals surface area contributed by atoms with Crippen LogP contribution in [-0.2, 0) is 6.54 Å². The molecular weight excluding hydrogens is 300 g/mol. The van der Waals surface area contributed by atoms with Gasteiger partial charge >= 0.3 is 0 Å². The number of nitrogens with zero attached hydrogens (tertiary/aromatic N) is 1. The molecule has 22 heavy (non-hydrogen) atoms. The molecule has 5 nitrogen and oxygen atoms in total. The number of rotatable bonds is 7. The highest BCUT2D eigenvalue weighted by molar-refractivity contribution is 7.09. The average molecular weight is 322 g/mol. The van der Waals surface area contributed by atoms with E-state index < -0.39 is 0 Å². The summed E-state index contributed by atoms with van der Waals surface area (Å²) in [7, 11) is 4.86. The summed E-state index contributed by atoms with van der Waals surface area (Å²) in [5.41, 5.74) is 4.03. The summed E-state index contributed by atoms with van der Waals surface area (Å²) in [6.45, 7) is 4.92. The van der Waals surface area contributed by atoms with Crippen molar-refractivity contribution in [1.82, 2.24) is 10.3 Å². The molecule has 0 radical (unpaired) electrons. The van der Waals surface area contributed by atoms with E-state index in [1.165, 1.54) is 4.88 Å². The minimum atomic E-state index is 0.148. The predicted molar refractivity (Wildman–Crippen MR) is 88.2 cm³/mol. The molecule has 1 unspecified atom stereocenters. The van der Waals surface area contributed by atoms with E-state index in [0.29, 0.717) is 17.2 Å². The van der Waals surface area contributed by atoms with Gasteiger partial charge in [-0.1, -0.05) is 0 Å². The van der Waals surface area contributed by atoms with Gasteiger partial charge in [-0.05, 0) is 31.5 Å². The van der Waals surface area contributed by atoms with E-state index in [1.54, 1.807) is 32.7 Å². The third kappa shape index (κ3) is 3.51. The zero-order valence-electron chi connectivity index (χ0n) is 13.6. The maximum Gasteiger partial charge on any atom is 0.203 e. The Bertz CT molecular complexity index is 603. The van der Waals surface area contributed by atoms with Gasteiger partial charge in [0.25, 0.3) is 0 Å². The SMILES string of the molecule is COc1cc(C(C)NCc2scnc2C)cc(OC)c1OC. The van der Waals surface area contributed by atoms with Gasteiger partial charge in [0.15, 0.2) is 11.5 Å². The monoisotopic (exact) mass is 322 g/mol. The van der Waals surface area contributed by atoms with Crippen molar-refractivity contribution in [3.63, 3.8) is 0 Å². The van der Waals surface area contributed by atoms with Crippen molar-refractivity contribution >= 4 is 11.3 Å². The van der Waals surface area contributed by atoms with Crippen LogP contribution in [0, 0.1) is 6.92 Å². The van der Waals surface area contributed by atoms with Gasteiger partial charge in [0.2, 0.25) is 5.75 Å². The number of ether oxygens (including phenoxy) is 3. The van der Waals surface area contributed by atoms with Gasteiger partial charge in [-0.2, -0.15) is 0 Å². The Morgan fingerprint density at radius 2 is 1.77 bits per heavy atom. The van der Waals surface area contributed by atoms with Crippen LogP contribution >= 0.6 is 11.3 Å². The number of nitrogens with one attached hydrogen (secondary N) is 1. The molecule has 120 valence electrons. The van der Waals surface area contributed by atoms with Gasteiger partial charge in [-0.25, -0.2) is 4.98 Å². The fourth-order valence-electron chi connectivity index (χ4n) is 2.21. The molecule has 1 aromatic carbocycles. The second-order valence-corrected chi connectivity index (χ2v) is 5.86. The topological polar surface area (TPSA) is 52.6 Å². The summed E-state index contributed by atoms with van der Waals surface area (Å²) in [6, 6.07) is 4.09. The number of hydrogen-bond acceptors (Lipinski definition) is 6. The molecule has 1 atom stereocenters. The molecule has 0 fully saturated rings. The summed E-state index contributed by atoms with van der Waals surface area (Å²) >= 11 is 1.67. The number of aromatic nitrogens is 1. The molecule has 6 heteroatoms. The van der Waals surface area contributed by atoms with Crippen LogP contribution in [0.3, 0.4) is 0 Å². The second-order valence-electron chi connectivity index (χ2n) is 4.92. The van der Waals surface area contributed by atoms with Crippen molar-refractivity contribution in [1.29, 1.82) is 0 Å². The maximum atomic E-state index is 5.40. The van der Waals surface area contributed by atoms with Crippen molar-refractivity contribution in [2.45, 2.75) is 26.4 Å². The van der Waals surface area contributed by atoms with Gasteiger partial charge < -0.3 is 19.5 Å². The van der Waals surface area contributed by atoms with Crippen molar-refractivity contribution in [3.8, 4) is 17.2 Å². The molecule has 0 saturated heterocycles. The van der Waals surface area contributed by atoms with E-state index in [1.807, 2.05) is 24.6 Å². The first kappa shape index (κ1) is 16.6.